The Morgan fingerprint density at radius 3 is 2.27 bits per heavy atom. The van der Waals surface area contributed by atoms with Crippen molar-refractivity contribution in [1.82, 2.24) is 5.32 Å². The SMILES string of the molecule is Cc1ccc(NC(=O)C[NH+](C)CC(=O)NCCC(C)C)cc1. The van der Waals surface area contributed by atoms with Crippen LogP contribution in [-0.4, -0.2) is 38.5 Å². The third-order valence-electron chi connectivity index (χ3n) is 3.30. The minimum Gasteiger partial charge on any atom is -0.351 e. The van der Waals surface area contributed by atoms with Gasteiger partial charge in [-0.1, -0.05) is 31.5 Å². The molecule has 0 aliphatic rings. The third kappa shape index (κ3) is 7.78. The third-order valence-corrected chi connectivity index (χ3v) is 3.30. The van der Waals surface area contributed by atoms with Crippen molar-refractivity contribution >= 4 is 17.5 Å². The molecular formula is C17H28N3O2+. The van der Waals surface area contributed by atoms with Gasteiger partial charge in [0.15, 0.2) is 13.1 Å². The number of carbonyl (C=O) groups is 2. The molecule has 1 aromatic carbocycles. The highest BCUT2D eigenvalue weighted by Crippen LogP contribution is 2.07. The van der Waals surface area contributed by atoms with Crippen LogP contribution >= 0.6 is 0 Å². The number of aryl methyl sites for hydroxylation is 1. The van der Waals surface area contributed by atoms with Crippen molar-refractivity contribution in [2.75, 3.05) is 32.0 Å². The molecule has 0 saturated carbocycles. The van der Waals surface area contributed by atoms with Crippen LogP contribution in [0, 0.1) is 12.8 Å². The average Bonchev–Trinajstić information content (AvgIpc) is 2.40. The summed E-state index contributed by atoms with van der Waals surface area (Å²) in [6, 6.07) is 7.66. The predicted molar refractivity (Wildman–Crippen MR) is 88.9 cm³/mol. The lowest BCUT2D eigenvalue weighted by Crippen LogP contribution is -3.11. The van der Waals surface area contributed by atoms with Crippen molar-refractivity contribution in [2.45, 2.75) is 27.2 Å². The number of amides is 2. The van der Waals surface area contributed by atoms with E-state index in [1.807, 2.05) is 38.2 Å². The Bertz CT molecular complexity index is 483. The molecule has 5 nitrogen and oxygen atoms in total. The van der Waals surface area contributed by atoms with Crippen LogP contribution in [0.1, 0.15) is 25.8 Å². The molecule has 0 aliphatic carbocycles. The fraction of sp³-hybridized carbons (Fsp3) is 0.529. The summed E-state index contributed by atoms with van der Waals surface area (Å²) in [5.74, 6) is 0.475. The highest BCUT2D eigenvalue weighted by atomic mass is 16.2. The maximum atomic E-state index is 11.9. The first-order valence-electron chi connectivity index (χ1n) is 7.81. The van der Waals surface area contributed by atoms with Gasteiger partial charge in [-0.3, -0.25) is 9.59 Å². The number of quaternary nitrogens is 1. The van der Waals surface area contributed by atoms with Crippen LogP contribution in [0.15, 0.2) is 24.3 Å². The fourth-order valence-electron chi connectivity index (χ4n) is 2.02. The zero-order valence-corrected chi connectivity index (χ0v) is 14.0. The smallest absolute Gasteiger partial charge is 0.279 e. The summed E-state index contributed by atoms with van der Waals surface area (Å²) in [6.45, 7) is 7.52. The zero-order valence-electron chi connectivity index (χ0n) is 14.0. The summed E-state index contributed by atoms with van der Waals surface area (Å²) < 4.78 is 0. The van der Waals surface area contributed by atoms with E-state index in [-0.39, 0.29) is 18.4 Å². The van der Waals surface area contributed by atoms with Crippen LogP contribution in [0.2, 0.25) is 0 Å². The summed E-state index contributed by atoms with van der Waals surface area (Å²) in [6.07, 6.45) is 0.971. The molecule has 0 radical (unpaired) electrons. The molecule has 0 fully saturated rings. The van der Waals surface area contributed by atoms with E-state index in [9.17, 15) is 9.59 Å². The minimum absolute atomic E-state index is 0.0127. The lowest BCUT2D eigenvalue weighted by atomic mass is 10.1. The molecule has 0 aromatic heterocycles. The summed E-state index contributed by atoms with van der Waals surface area (Å²) in [5, 5.41) is 5.72. The Labute approximate surface area is 133 Å². The van der Waals surface area contributed by atoms with Gasteiger partial charge in [-0.25, -0.2) is 0 Å². The number of hydrogen-bond donors (Lipinski definition) is 3. The zero-order chi connectivity index (χ0) is 16.5. The molecule has 1 unspecified atom stereocenters. The number of likely N-dealkylation sites (N-methyl/N-ethyl adjacent to an activating group) is 1. The molecule has 1 aromatic rings. The number of benzene rings is 1. The second kappa shape index (κ2) is 9.20. The van der Waals surface area contributed by atoms with E-state index in [1.54, 1.807) is 0 Å². The van der Waals surface area contributed by atoms with Gasteiger partial charge in [-0.05, 0) is 31.4 Å². The van der Waals surface area contributed by atoms with Crippen LogP contribution in [0.3, 0.4) is 0 Å². The monoisotopic (exact) mass is 306 g/mol. The minimum atomic E-state index is -0.0867. The molecule has 0 saturated heterocycles. The first-order valence-corrected chi connectivity index (χ1v) is 7.81. The molecule has 0 bridgehead atoms. The molecule has 0 aliphatic heterocycles. The van der Waals surface area contributed by atoms with Gasteiger partial charge >= 0.3 is 0 Å². The van der Waals surface area contributed by atoms with Gasteiger partial charge in [0.05, 0.1) is 7.05 Å². The van der Waals surface area contributed by atoms with Gasteiger partial charge in [0.1, 0.15) is 0 Å². The normalized spacial score (nSPS) is 12.0. The summed E-state index contributed by atoms with van der Waals surface area (Å²) >= 11 is 0. The van der Waals surface area contributed by atoms with Crippen molar-refractivity contribution < 1.29 is 14.5 Å². The van der Waals surface area contributed by atoms with E-state index < -0.39 is 0 Å². The second-order valence-electron chi connectivity index (χ2n) is 6.26. The molecule has 3 N–H and O–H groups in total. The van der Waals surface area contributed by atoms with Crippen molar-refractivity contribution in [1.29, 1.82) is 0 Å². The molecular weight excluding hydrogens is 278 g/mol. The molecule has 0 heterocycles. The quantitative estimate of drug-likeness (QED) is 0.659. The lowest BCUT2D eigenvalue weighted by molar-refractivity contribution is -0.862. The number of rotatable bonds is 8. The van der Waals surface area contributed by atoms with Crippen molar-refractivity contribution in [2.24, 2.45) is 5.92 Å². The van der Waals surface area contributed by atoms with E-state index in [1.165, 1.54) is 0 Å². The first-order chi connectivity index (χ1) is 10.4. The summed E-state index contributed by atoms with van der Waals surface area (Å²) in [5.41, 5.74) is 1.93. The number of nitrogens with one attached hydrogen (secondary N) is 3. The van der Waals surface area contributed by atoms with Crippen LogP contribution in [0.4, 0.5) is 5.69 Å². The van der Waals surface area contributed by atoms with E-state index >= 15 is 0 Å². The number of carbonyl (C=O) groups excluding carboxylic acids is 2. The molecule has 22 heavy (non-hydrogen) atoms. The Morgan fingerprint density at radius 1 is 1.09 bits per heavy atom. The maximum Gasteiger partial charge on any atom is 0.279 e. The van der Waals surface area contributed by atoms with Gasteiger partial charge < -0.3 is 15.5 Å². The topological polar surface area (TPSA) is 62.6 Å². The average molecular weight is 306 g/mol. The van der Waals surface area contributed by atoms with Crippen molar-refractivity contribution in [3.8, 4) is 0 Å². The molecule has 0 spiro atoms. The molecule has 1 atom stereocenters. The van der Waals surface area contributed by atoms with Gasteiger partial charge in [0.2, 0.25) is 0 Å². The fourth-order valence-corrected chi connectivity index (χ4v) is 2.02. The number of anilines is 1. The van der Waals surface area contributed by atoms with E-state index in [2.05, 4.69) is 24.5 Å². The largest absolute Gasteiger partial charge is 0.351 e. The molecule has 122 valence electrons. The molecule has 1 rings (SSSR count). The Morgan fingerprint density at radius 2 is 1.68 bits per heavy atom. The van der Waals surface area contributed by atoms with Crippen LogP contribution in [0.25, 0.3) is 0 Å². The van der Waals surface area contributed by atoms with E-state index in [0.717, 1.165) is 22.6 Å². The Kier molecular flexibility index (Phi) is 7.60. The Balaban J connectivity index is 2.28. The van der Waals surface area contributed by atoms with E-state index in [0.29, 0.717) is 19.0 Å². The van der Waals surface area contributed by atoms with Gasteiger partial charge in [-0.2, -0.15) is 0 Å². The summed E-state index contributed by atoms with van der Waals surface area (Å²) in [4.78, 5) is 24.5. The van der Waals surface area contributed by atoms with Crippen LogP contribution in [-0.2, 0) is 9.59 Å². The van der Waals surface area contributed by atoms with Crippen molar-refractivity contribution in [3.05, 3.63) is 29.8 Å². The van der Waals surface area contributed by atoms with Gasteiger partial charge in [-0.15, -0.1) is 0 Å². The summed E-state index contributed by atoms with van der Waals surface area (Å²) in [7, 11) is 1.84. The lowest BCUT2D eigenvalue weighted by Gasteiger charge is -2.14. The van der Waals surface area contributed by atoms with Crippen molar-refractivity contribution in [3.63, 3.8) is 0 Å². The van der Waals surface area contributed by atoms with Gasteiger partial charge in [0.25, 0.3) is 11.8 Å². The van der Waals surface area contributed by atoms with E-state index in [4.69, 9.17) is 0 Å². The highest BCUT2D eigenvalue weighted by Gasteiger charge is 2.14. The second-order valence-corrected chi connectivity index (χ2v) is 6.26. The molecule has 2 amide bonds. The highest BCUT2D eigenvalue weighted by molar-refractivity contribution is 5.91. The van der Waals surface area contributed by atoms with Crippen LogP contribution < -0.4 is 15.5 Å². The maximum absolute atomic E-state index is 11.9. The first kappa shape index (κ1) is 18.2. The van der Waals surface area contributed by atoms with Crippen LogP contribution in [0.5, 0.6) is 0 Å². The van der Waals surface area contributed by atoms with Gasteiger partial charge in [0, 0.05) is 12.2 Å². The predicted octanol–water partition coefficient (Wildman–Crippen LogP) is 0.611. The number of hydrogen-bond acceptors (Lipinski definition) is 2. The standard InChI is InChI=1S/C17H27N3O2/c1-13(2)9-10-18-16(21)11-20(4)12-17(22)19-15-7-5-14(3)6-8-15/h5-8,13H,9-12H2,1-4H3,(H,18,21)(H,19,22)/p+1. The molecule has 5 heteroatoms. The Hall–Kier alpha value is -1.88.